The predicted molar refractivity (Wildman–Crippen MR) is 90.9 cm³/mol. The number of carbonyl (C=O) groups is 2. The number of carbonyl (C=O) groups excluding carboxylic acids is 2. The topological polar surface area (TPSA) is 88.1 Å². The highest BCUT2D eigenvalue weighted by Crippen LogP contribution is 2.48. The minimum atomic E-state index is -3.03. The highest BCUT2D eigenvalue weighted by Gasteiger charge is 2.29. The standard InChI is InChI=1S/C16H31O7P/c1-5-20-15(17)14(16(18)21-6-2)12-10-9-11-13-24(19,22-7-3)23-8-4/h14H,5-13H2,1-4H3. The van der Waals surface area contributed by atoms with Gasteiger partial charge < -0.3 is 18.5 Å². The highest BCUT2D eigenvalue weighted by atomic mass is 31.2. The molecule has 0 atom stereocenters. The van der Waals surface area contributed by atoms with Gasteiger partial charge in [0.25, 0.3) is 0 Å². The lowest BCUT2D eigenvalue weighted by Crippen LogP contribution is -2.28. The molecule has 0 N–H and O–H groups in total. The van der Waals surface area contributed by atoms with Crippen LogP contribution in [0.1, 0.15) is 53.4 Å². The van der Waals surface area contributed by atoms with E-state index in [-0.39, 0.29) is 13.2 Å². The summed E-state index contributed by atoms with van der Waals surface area (Å²) in [6.45, 7) is 8.06. The van der Waals surface area contributed by atoms with E-state index in [9.17, 15) is 14.2 Å². The van der Waals surface area contributed by atoms with E-state index in [1.54, 1.807) is 27.7 Å². The monoisotopic (exact) mass is 366 g/mol. The van der Waals surface area contributed by atoms with E-state index >= 15 is 0 Å². The average Bonchev–Trinajstić information content (AvgIpc) is 2.51. The smallest absolute Gasteiger partial charge is 0.330 e. The Balaban J connectivity index is 4.34. The van der Waals surface area contributed by atoms with Crippen LogP contribution in [0, 0.1) is 5.92 Å². The van der Waals surface area contributed by atoms with Gasteiger partial charge in [0.15, 0.2) is 5.92 Å². The molecular formula is C16H31O7P. The van der Waals surface area contributed by atoms with Crippen molar-refractivity contribution in [3.05, 3.63) is 0 Å². The van der Waals surface area contributed by atoms with E-state index < -0.39 is 25.5 Å². The number of hydrogen-bond donors (Lipinski definition) is 0. The molecule has 0 aromatic carbocycles. The summed E-state index contributed by atoms with van der Waals surface area (Å²) in [5.41, 5.74) is 0. The Bertz CT molecular complexity index is 383. The van der Waals surface area contributed by atoms with Gasteiger partial charge in [0.05, 0.1) is 32.6 Å². The second-order valence-electron chi connectivity index (χ2n) is 5.08. The van der Waals surface area contributed by atoms with Crippen LogP contribution in [-0.2, 0) is 32.7 Å². The third-order valence-electron chi connectivity index (χ3n) is 3.22. The number of esters is 2. The van der Waals surface area contributed by atoms with Crippen molar-refractivity contribution in [1.29, 1.82) is 0 Å². The number of ether oxygens (including phenoxy) is 2. The third kappa shape index (κ3) is 9.40. The van der Waals surface area contributed by atoms with E-state index in [2.05, 4.69) is 0 Å². The van der Waals surface area contributed by atoms with E-state index in [1.165, 1.54) is 0 Å². The van der Waals surface area contributed by atoms with Crippen LogP contribution in [0.3, 0.4) is 0 Å². The highest BCUT2D eigenvalue weighted by molar-refractivity contribution is 7.53. The second-order valence-corrected chi connectivity index (χ2v) is 7.26. The summed E-state index contributed by atoms with van der Waals surface area (Å²) >= 11 is 0. The Morgan fingerprint density at radius 2 is 1.29 bits per heavy atom. The Morgan fingerprint density at radius 3 is 1.71 bits per heavy atom. The first kappa shape index (κ1) is 23.1. The van der Waals surface area contributed by atoms with Gasteiger partial charge in [0.2, 0.25) is 0 Å². The molecule has 24 heavy (non-hydrogen) atoms. The van der Waals surface area contributed by atoms with Crippen molar-refractivity contribution in [1.82, 2.24) is 0 Å². The zero-order valence-corrected chi connectivity index (χ0v) is 16.1. The second kappa shape index (κ2) is 13.4. The Hall–Kier alpha value is -0.910. The van der Waals surface area contributed by atoms with Gasteiger partial charge in [0.1, 0.15) is 0 Å². The lowest BCUT2D eigenvalue weighted by atomic mass is 10.0. The van der Waals surface area contributed by atoms with Crippen LogP contribution >= 0.6 is 7.60 Å². The van der Waals surface area contributed by atoms with Crippen LogP contribution in [0.15, 0.2) is 0 Å². The van der Waals surface area contributed by atoms with Crippen molar-refractivity contribution in [3.8, 4) is 0 Å². The maximum absolute atomic E-state index is 12.3. The van der Waals surface area contributed by atoms with Gasteiger partial charge in [-0.1, -0.05) is 12.8 Å². The molecule has 0 radical (unpaired) electrons. The summed E-state index contributed by atoms with van der Waals surface area (Å²) in [5, 5.41) is 0. The van der Waals surface area contributed by atoms with Crippen molar-refractivity contribution in [2.24, 2.45) is 5.92 Å². The summed E-state index contributed by atoms with van der Waals surface area (Å²) in [5.74, 6) is -1.99. The molecule has 0 aliphatic rings. The molecule has 0 aromatic heterocycles. The van der Waals surface area contributed by atoms with Crippen molar-refractivity contribution in [2.45, 2.75) is 53.4 Å². The molecule has 0 fully saturated rings. The molecule has 0 unspecified atom stereocenters. The zero-order chi connectivity index (χ0) is 18.4. The van der Waals surface area contributed by atoms with Gasteiger partial charge >= 0.3 is 19.5 Å². The molecule has 0 saturated carbocycles. The molecule has 0 aromatic rings. The van der Waals surface area contributed by atoms with E-state index in [4.69, 9.17) is 18.5 Å². The summed E-state index contributed by atoms with van der Waals surface area (Å²) in [7, 11) is -3.03. The van der Waals surface area contributed by atoms with Gasteiger partial charge in [-0.25, -0.2) is 0 Å². The molecule has 8 heteroatoms. The summed E-state index contributed by atoms with van der Waals surface area (Å²) < 4.78 is 32.6. The number of unbranched alkanes of at least 4 members (excludes halogenated alkanes) is 2. The minimum absolute atomic E-state index is 0.223. The number of hydrogen-bond acceptors (Lipinski definition) is 7. The van der Waals surface area contributed by atoms with E-state index in [0.29, 0.717) is 45.1 Å². The van der Waals surface area contributed by atoms with Crippen LogP contribution in [0.2, 0.25) is 0 Å². The van der Waals surface area contributed by atoms with Gasteiger partial charge in [-0.05, 0) is 40.5 Å². The molecular weight excluding hydrogens is 335 g/mol. The van der Waals surface area contributed by atoms with Gasteiger partial charge in [-0.15, -0.1) is 0 Å². The zero-order valence-electron chi connectivity index (χ0n) is 15.2. The molecule has 0 saturated heterocycles. The predicted octanol–water partition coefficient (Wildman–Crippen LogP) is 3.56. The van der Waals surface area contributed by atoms with Crippen LogP contribution in [0.4, 0.5) is 0 Å². The average molecular weight is 366 g/mol. The molecule has 0 aliphatic carbocycles. The molecule has 0 bridgehead atoms. The first-order valence-corrected chi connectivity index (χ1v) is 10.4. The van der Waals surface area contributed by atoms with Gasteiger partial charge in [-0.2, -0.15) is 0 Å². The largest absolute Gasteiger partial charge is 0.465 e. The van der Waals surface area contributed by atoms with Crippen molar-refractivity contribution in [2.75, 3.05) is 32.6 Å². The molecule has 0 rings (SSSR count). The van der Waals surface area contributed by atoms with Gasteiger partial charge in [0, 0.05) is 0 Å². The van der Waals surface area contributed by atoms with E-state index in [0.717, 1.165) is 0 Å². The van der Waals surface area contributed by atoms with Crippen molar-refractivity contribution >= 4 is 19.5 Å². The Morgan fingerprint density at radius 1 is 0.792 bits per heavy atom. The fourth-order valence-electron chi connectivity index (χ4n) is 2.21. The Kier molecular flexibility index (Phi) is 12.9. The maximum Gasteiger partial charge on any atom is 0.330 e. The van der Waals surface area contributed by atoms with E-state index in [1.807, 2.05) is 0 Å². The summed E-state index contributed by atoms with van der Waals surface area (Å²) in [4.78, 5) is 23.7. The van der Waals surface area contributed by atoms with Crippen LogP contribution in [-0.4, -0.2) is 44.5 Å². The first-order valence-electron chi connectivity index (χ1n) is 8.65. The van der Waals surface area contributed by atoms with Crippen molar-refractivity contribution < 1.29 is 32.7 Å². The normalized spacial score (nSPS) is 11.5. The molecule has 0 amide bonds. The third-order valence-corrected chi connectivity index (χ3v) is 5.39. The lowest BCUT2D eigenvalue weighted by molar-refractivity contribution is -0.161. The fraction of sp³-hybridized carbons (Fsp3) is 0.875. The molecule has 0 aliphatic heterocycles. The van der Waals surface area contributed by atoms with Crippen LogP contribution in [0.25, 0.3) is 0 Å². The molecule has 7 nitrogen and oxygen atoms in total. The van der Waals surface area contributed by atoms with Crippen molar-refractivity contribution in [3.63, 3.8) is 0 Å². The molecule has 0 spiro atoms. The fourth-order valence-corrected chi connectivity index (χ4v) is 3.94. The molecule has 0 heterocycles. The SMILES string of the molecule is CCOC(=O)C(CCCCCP(=O)(OCC)OCC)C(=O)OCC. The first-order chi connectivity index (χ1) is 11.4. The maximum atomic E-state index is 12.3. The summed E-state index contributed by atoms with van der Waals surface area (Å²) in [6.07, 6.45) is 2.65. The Labute approximate surface area is 144 Å². The van der Waals surface area contributed by atoms with Gasteiger partial charge in [-0.3, -0.25) is 14.2 Å². The lowest BCUT2D eigenvalue weighted by Gasteiger charge is -2.17. The summed E-state index contributed by atoms with van der Waals surface area (Å²) in [6, 6.07) is 0. The number of rotatable bonds is 14. The van der Waals surface area contributed by atoms with Crippen LogP contribution < -0.4 is 0 Å². The molecule has 142 valence electrons. The minimum Gasteiger partial charge on any atom is -0.465 e. The quantitative estimate of drug-likeness (QED) is 0.201. The van der Waals surface area contributed by atoms with Crippen LogP contribution in [0.5, 0.6) is 0 Å².